The summed E-state index contributed by atoms with van der Waals surface area (Å²) in [6, 6.07) is 0. The molecule has 0 aliphatic rings. The van der Waals surface area contributed by atoms with Crippen molar-refractivity contribution in [1.82, 2.24) is 0 Å². The van der Waals surface area contributed by atoms with Crippen LogP contribution in [0.5, 0.6) is 0 Å². The Kier molecular flexibility index (Phi) is 69.6. The van der Waals surface area contributed by atoms with Crippen LogP contribution in [0.2, 0.25) is 0 Å². The first-order chi connectivity index (χ1) is 47.0. The number of phosphoric ester groups is 2. The van der Waals surface area contributed by atoms with E-state index in [1.165, 1.54) is 238 Å². The molecule has 0 spiro atoms. The fourth-order valence-corrected chi connectivity index (χ4v) is 13.6. The van der Waals surface area contributed by atoms with Crippen LogP contribution in [-0.4, -0.2) is 96.7 Å². The topological polar surface area (TPSA) is 237 Å². The van der Waals surface area contributed by atoms with Crippen molar-refractivity contribution < 1.29 is 80.2 Å². The summed E-state index contributed by atoms with van der Waals surface area (Å²) < 4.78 is 68.6. The van der Waals surface area contributed by atoms with Gasteiger partial charge in [-0.05, 0) is 31.6 Å². The third kappa shape index (κ3) is 72.2. The van der Waals surface area contributed by atoms with Gasteiger partial charge in [0.05, 0.1) is 26.4 Å². The Morgan fingerprint density at radius 1 is 0.278 bits per heavy atom. The summed E-state index contributed by atoms with van der Waals surface area (Å²) in [7, 11) is -9.91. The lowest BCUT2D eigenvalue weighted by Crippen LogP contribution is -2.30. The maximum Gasteiger partial charge on any atom is 0.472 e. The van der Waals surface area contributed by atoms with Gasteiger partial charge in [-0.15, -0.1) is 0 Å². The van der Waals surface area contributed by atoms with Crippen LogP contribution in [-0.2, 0) is 65.4 Å². The van der Waals surface area contributed by atoms with Crippen molar-refractivity contribution in [3.05, 3.63) is 0 Å². The summed E-state index contributed by atoms with van der Waals surface area (Å²) in [5.74, 6) is -1.32. The molecule has 19 heteroatoms. The van der Waals surface area contributed by atoms with Crippen LogP contribution in [0.3, 0.4) is 0 Å². The predicted molar refractivity (Wildman–Crippen MR) is 395 cm³/mol. The van der Waals surface area contributed by atoms with Gasteiger partial charge in [0.15, 0.2) is 12.2 Å². The molecule has 0 aromatic heterocycles. The van der Waals surface area contributed by atoms with E-state index < -0.39 is 97.5 Å². The zero-order valence-electron chi connectivity index (χ0n) is 63.2. The lowest BCUT2D eigenvalue weighted by atomic mass is 10.0. The fraction of sp³-hybridized carbons (Fsp3) is 0.949. The van der Waals surface area contributed by atoms with E-state index in [1.807, 2.05) is 0 Å². The van der Waals surface area contributed by atoms with Crippen LogP contribution in [0.25, 0.3) is 0 Å². The molecule has 0 saturated carbocycles. The molecule has 97 heavy (non-hydrogen) atoms. The number of esters is 4. The Morgan fingerprint density at radius 3 is 0.701 bits per heavy atom. The van der Waals surface area contributed by atoms with Crippen LogP contribution >= 0.6 is 15.6 Å². The van der Waals surface area contributed by atoms with Crippen molar-refractivity contribution in [2.45, 2.75) is 432 Å². The summed E-state index contributed by atoms with van der Waals surface area (Å²) in [6.07, 6.45) is 60.9. The highest BCUT2D eigenvalue weighted by Crippen LogP contribution is 2.45. The van der Waals surface area contributed by atoms with Crippen LogP contribution < -0.4 is 0 Å². The molecule has 0 rings (SSSR count). The van der Waals surface area contributed by atoms with E-state index in [0.29, 0.717) is 25.7 Å². The Bertz CT molecular complexity index is 1860. The molecule has 0 heterocycles. The van der Waals surface area contributed by atoms with Gasteiger partial charge in [-0.3, -0.25) is 37.3 Å². The number of rotatable bonds is 78. The van der Waals surface area contributed by atoms with Gasteiger partial charge in [-0.25, -0.2) is 9.13 Å². The number of aliphatic hydroxyl groups excluding tert-OH is 1. The molecule has 17 nitrogen and oxygen atoms in total. The first-order valence-corrected chi connectivity index (χ1v) is 43.6. The van der Waals surface area contributed by atoms with E-state index in [9.17, 15) is 43.2 Å². The smallest absolute Gasteiger partial charge is 0.462 e. The number of hydrogen-bond acceptors (Lipinski definition) is 15. The van der Waals surface area contributed by atoms with Crippen molar-refractivity contribution in [3.63, 3.8) is 0 Å². The summed E-state index contributed by atoms with van der Waals surface area (Å²) in [5, 5.41) is 10.6. The highest BCUT2D eigenvalue weighted by Gasteiger charge is 2.30. The van der Waals surface area contributed by atoms with E-state index in [0.717, 1.165) is 95.8 Å². The number of ether oxygens (including phenoxy) is 4. The fourth-order valence-electron chi connectivity index (χ4n) is 12.1. The van der Waals surface area contributed by atoms with E-state index in [-0.39, 0.29) is 25.7 Å². The van der Waals surface area contributed by atoms with Crippen molar-refractivity contribution in [2.24, 2.45) is 5.92 Å². The predicted octanol–water partition coefficient (Wildman–Crippen LogP) is 23.3. The van der Waals surface area contributed by atoms with Gasteiger partial charge in [0, 0.05) is 25.7 Å². The maximum absolute atomic E-state index is 13.1. The van der Waals surface area contributed by atoms with Gasteiger partial charge in [0.1, 0.15) is 19.3 Å². The Balaban J connectivity index is 5.23. The van der Waals surface area contributed by atoms with E-state index in [1.54, 1.807) is 0 Å². The van der Waals surface area contributed by atoms with Gasteiger partial charge in [-0.1, -0.05) is 362 Å². The summed E-state index contributed by atoms with van der Waals surface area (Å²) in [5.41, 5.74) is 0. The molecular weight excluding hydrogens is 1270 g/mol. The molecule has 576 valence electrons. The number of unbranched alkanes of at least 4 members (excludes halogenated alkanes) is 50. The number of aliphatic hydroxyl groups is 1. The molecule has 0 aromatic rings. The normalized spacial score (nSPS) is 13.9. The largest absolute Gasteiger partial charge is 0.472 e. The molecule has 2 unspecified atom stereocenters. The van der Waals surface area contributed by atoms with Crippen molar-refractivity contribution >= 4 is 39.5 Å². The van der Waals surface area contributed by atoms with Crippen LogP contribution in [0.4, 0.5) is 0 Å². The first kappa shape index (κ1) is 95.1. The second-order valence-electron chi connectivity index (χ2n) is 28.6. The minimum atomic E-state index is -4.96. The van der Waals surface area contributed by atoms with Gasteiger partial charge in [-0.2, -0.15) is 0 Å². The van der Waals surface area contributed by atoms with Crippen LogP contribution in [0.15, 0.2) is 0 Å². The highest BCUT2D eigenvalue weighted by atomic mass is 31.2. The van der Waals surface area contributed by atoms with Gasteiger partial charge < -0.3 is 33.8 Å². The molecule has 5 atom stereocenters. The maximum atomic E-state index is 13.1. The first-order valence-electron chi connectivity index (χ1n) is 40.6. The van der Waals surface area contributed by atoms with Crippen molar-refractivity contribution in [1.29, 1.82) is 0 Å². The van der Waals surface area contributed by atoms with Gasteiger partial charge in [0.25, 0.3) is 0 Å². The summed E-state index contributed by atoms with van der Waals surface area (Å²) in [4.78, 5) is 72.9. The Morgan fingerprint density at radius 2 is 0.474 bits per heavy atom. The zero-order valence-corrected chi connectivity index (χ0v) is 65.0. The molecule has 0 fully saturated rings. The molecular formula is C78H152O17P2. The van der Waals surface area contributed by atoms with Gasteiger partial charge in [0.2, 0.25) is 0 Å². The summed E-state index contributed by atoms with van der Waals surface area (Å²) >= 11 is 0. The van der Waals surface area contributed by atoms with Crippen LogP contribution in [0.1, 0.15) is 413 Å². The minimum Gasteiger partial charge on any atom is -0.462 e. The number of hydrogen-bond donors (Lipinski definition) is 3. The lowest BCUT2D eigenvalue weighted by molar-refractivity contribution is -0.161. The monoisotopic (exact) mass is 1420 g/mol. The standard InChI is InChI=1S/C78H152O17P2/c1-6-9-12-15-18-21-23-25-27-28-29-30-34-39-44-49-54-59-64-78(83)95-74(68-89-76(81)62-57-52-47-42-37-35-31-32-36-41-45-50-55-60-71(4)5)70-93-97(86,87)91-66-72(79)65-90-96(84,85)92-69-73(67-88-75(80)61-56-51-46-40-20-17-14-11-8-3)94-77(82)63-58-53-48-43-38-33-26-24-22-19-16-13-10-7-2/h71-74,79H,6-70H2,1-5H3,(H,84,85)(H,86,87)/t72-,73+,74+/m0/s1. The molecule has 0 radical (unpaired) electrons. The van der Waals surface area contributed by atoms with E-state index in [2.05, 4.69) is 34.6 Å². The van der Waals surface area contributed by atoms with Gasteiger partial charge >= 0.3 is 39.5 Å². The SMILES string of the molecule is CCCCCCCCCCCCCCCCCCCCC(=O)O[C@H](COC(=O)CCCCCCCCCCCCCCCC(C)C)COP(=O)(O)OC[C@@H](O)COP(=O)(O)OC[C@@H](COC(=O)CCCCCCCCCCC)OC(=O)CCCCCCCCCCCCCCCC. The van der Waals surface area contributed by atoms with E-state index >= 15 is 0 Å². The zero-order chi connectivity index (χ0) is 71.2. The molecule has 0 aliphatic carbocycles. The molecule has 0 aliphatic heterocycles. The molecule has 3 N–H and O–H groups in total. The van der Waals surface area contributed by atoms with Crippen molar-refractivity contribution in [2.75, 3.05) is 39.6 Å². The second-order valence-corrected chi connectivity index (χ2v) is 31.5. The molecule has 0 amide bonds. The third-order valence-corrected chi connectivity index (χ3v) is 20.2. The molecule has 0 saturated heterocycles. The number of carbonyl (C=O) groups is 4. The molecule has 0 bridgehead atoms. The Labute approximate surface area is 594 Å². The average molecular weight is 1420 g/mol. The highest BCUT2D eigenvalue weighted by molar-refractivity contribution is 7.47. The second kappa shape index (κ2) is 71.1. The minimum absolute atomic E-state index is 0.108. The number of phosphoric acid groups is 2. The number of carbonyl (C=O) groups excluding carboxylic acids is 4. The quantitative estimate of drug-likeness (QED) is 0.0222. The van der Waals surface area contributed by atoms with Crippen LogP contribution in [0, 0.1) is 5.92 Å². The third-order valence-electron chi connectivity index (χ3n) is 18.3. The molecule has 0 aromatic carbocycles. The summed E-state index contributed by atoms with van der Waals surface area (Å²) in [6.45, 7) is 7.32. The lowest BCUT2D eigenvalue weighted by Gasteiger charge is -2.21. The Hall–Kier alpha value is -1.94. The van der Waals surface area contributed by atoms with E-state index in [4.69, 9.17) is 37.0 Å². The average Bonchev–Trinajstić information content (AvgIpc) is 2.38. The van der Waals surface area contributed by atoms with Crippen molar-refractivity contribution in [3.8, 4) is 0 Å².